The summed E-state index contributed by atoms with van der Waals surface area (Å²) in [5.74, 6) is 0. The van der Waals surface area contributed by atoms with Crippen LogP contribution in [0.4, 0.5) is 0 Å². The molecule has 0 unspecified atom stereocenters. The highest BCUT2D eigenvalue weighted by Gasteiger charge is 2.22. The van der Waals surface area contributed by atoms with Crippen molar-refractivity contribution in [1.29, 1.82) is 0 Å². The largest absolute Gasteiger partial charge is 0.361 e. The molecule has 0 aliphatic carbocycles. The average molecular weight is 453 g/mol. The SMILES string of the molecule is Cn1cc(-c2ccc3[nH]cc(-c4cn(S(=O)(=O)c5ccccc5)c5ccccc45)c3c2)cn1. The lowest BCUT2D eigenvalue weighted by Gasteiger charge is -2.07. The van der Waals surface area contributed by atoms with Crippen molar-refractivity contribution in [1.82, 2.24) is 18.7 Å². The molecule has 1 N–H and O–H groups in total. The standard InChI is InChI=1S/C26H20N4O2S/c1-29-16-19(14-28-29)18-11-12-25-22(13-18)23(15-27-25)24-17-30(26-10-6-5-9-21(24)26)33(31,32)20-7-3-2-4-8-20/h2-17,27H,1H3. The first kappa shape index (κ1) is 19.6. The van der Waals surface area contributed by atoms with Crippen molar-refractivity contribution in [2.24, 2.45) is 7.05 Å². The maximum absolute atomic E-state index is 13.5. The molecule has 162 valence electrons. The Morgan fingerprint density at radius 3 is 2.39 bits per heavy atom. The molecule has 3 aromatic carbocycles. The topological polar surface area (TPSA) is 72.7 Å². The van der Waals surface area contributed by atoms with Crippen molar-refractivity contribution in [2.45, 2.75) is 4.90 Å². The quantitative estimate of drug-likeness (QED) is 0.388. The van der Waals surface area contributed by atoms with Gasteiger partial charge in [-0.15, -0.1) is 0 Å². The van der Waals surface area contributed by atoms with Gasteiger partial charge in [0.1, 0.15) is 0 Å². The maximum Gasteiger partial charge on any atom is 0.268 e. The van der Waals surface area contributed by atoms with Crippen LogP contribution < -0.4 is 0 Å². The lowest BCUT2D eigenvalue weighted by molar-refractivity contribution is 0.589. The van der Waals surface area contributed by atoms with Gasteiger partial charge >= 0.3 is 0 Å². The number of H-pyrrole nitrogens is 1. The third-order valence-corrected chi connectivity index (χ3v) is 7.68. The summed E-state index contributed by atoms with van der Waals surface area (Å²) >= 11 is 0. The maximum atomic E-state index is 13.5. The van der Waals surface area contributed by atoms with Crippen molar-refractivity contribution >= 4 is 31.8 Å². The molecule has 6 nitrogen and oxygen atoms in total. The van der Waals surface area contributed by atoms with Gasteiger partial charge in [-0.05, 0) is 35.9 Å². The monoisotopic (exact) mass is 452 g/mol. The second kappa shape index (κ2) is 7.21. The third-order valence-electron chi connectivity index (χ3n) is 5.99. The molecule has 0 atom stereocenters. The highest BCUT2D eigenvalue weighted by molar-refractivity contribution is 7.90. The fourth-order valence-corrected chi connectivity index (χ4v) is 5.75. The second-order valence-corrected chi connectivity index (χ2v) is 9.85. The number of nitrogens with zero attached hydrogens (tertiary/aromatic N) is 3. The second-order valence-electron chi connectivity index (χ2n) is 8.04. The van der Waals surface area contributed by atoms with Gasteiger partial charge in [-0.1, -0.05) is 42.5 Å². The predicted molar refractivity (Wildman–Crippen MR) is 130 cm³/mol. The molecule has 3 heterocycles. The van der Waals surface area contributed by atoms with E-state index in [0.717, 1.165) is 38.5 Å². The van der Waals surface area contributed by atoms with E-state index in [0.29, 0.717) is 5.52 Å². The van der Waals surface area contributed by atoms with E-state index in [1.54, 1.807) is 35.1 Å². The Bertz CT molecular complexity index is 1740. The number of aromatic nitrogens is 4. The zero-order valence-corrected chi connectivity index (χ0v) is 18.6. The van der Waals surface area contributed by atoms with Crippen LogP contribution in [0, 0.1) is 0 Å². The fourth-order valence-electron chi connectivity index (χ4n) is 4.36. The number of fused-ring (bicyclic) bond motifs is 2. The Kier molecular flexibility index (Phi) is 4.28. The minimum Gasteiger partial charge on any atom is -0.361 e. The smallest absolute Gasteiger partial charge is 0.268 e. The first-order chi connectivity index (χ1) is 16.0. The number of hydrogen-bond donors (Lipinski definition) is 1. The molecule has 0 radical (unpaired) electrons. The normalized spacial score (nSPS) is 12.0. The lowest BCUT2D eigenvalue weighted by Crippen LogP contribution is -2.11. The van der Waals surface area contributed by atoms with Crippen molar-refractivity contribution < 1.29 is 8.42 Å². The van der Waals surface area contributed by atoms with E-state index in [1.165, 1.54) is 3.97 Å². The van der Waals surface area contributed by atoms with Crippen LogP contribution in [0.1, 0.15) is 0 Å². The van der Waals surface area contributed by atoms with E-state index < -0.39 is 10.0 Å². The van der Waals surface area contributed by atoms with Crippen molar-refractivity contribution in [3.05, 3.63) is 97.6 Å². The highest BCUT2D eigenvalue weighted by Crippen LogP contribution is 2.38. The van der Waals surface area contributed by atoms with Gasteiger partial charge in [0.05, 0.1) is 16.6 Å². The molecule has 33 heavy (non-hydrogen) atoms. The zero-order valence-electron chi connectivity index (χ0n) is 17.8. The Labute approximate surface area is 190 Å². The molecule has 0 aliphatic heterocycles. The van der Waals surface area contributed by atoms with Crippen LogP contribution in [0.15, 0.2) is 102 Å². The summed E-state index contributed by atoms with van der Waals surface area (Å²) < 4.78 is 30.1. The minimum atomic E-state index is -3.74. The van der Waals surface area contributed by atoms with Crippen LogP contribution in [0.2, 0.25) is 0 Å². The Morgan fingerprint density at radius 1 is 0.818 bits per heavy atom. The van der Waals surface area contributed by atoms with E-state index in [-0.39, 0.29) is 4.90 Å². The molecule has 0 saturated heterocycles. The number of para-hydroxylation sites is 1. The first-order valence-corrected chi connectivity index (χ1v) is 12.0. The molecule has 3 aromatic heterocycles. The van der Waals surface area contributed by atoms with Crippen LogP contribution in [-0.4, -0.2) is 27.2 Å². The fraction of sp³-hybridized carbons (Fsp3) is 0.0385. The first-order valence-electron chi connectivity index (χ1n) is 10.5. The summed E-state index contributed by atoms with van der Waals surface area (Å²) in [6, 6.07) is 22.3. The molecule has 0 aliphatic rings. The molecule has 0 amide bonds. The summed E-state index contributed by atoms with van der Waals surface area (Å²) in [6.07, 6.45) is 7.49. The molecule has 0 bridgehead atoms. The van der Waals surface area contributed by atoms with E-state index in [2.05, 4.69) is 22.2 Å². The number of aromatic amines is 1. The molecular weight excluding hydrogens is 432 g/mol. The summed E-state index contributed by atoms with van der Waals surface area (Å²) in [6.45, 7) is 0. The van der Waals surface area contributed by atoms with Gasteiger partial charge in [-0.3, -0.25) is 4.68 Å². The van der Waals surface area contributed by atoms with Gasteiger partial charge in [-0.2, -0.15) is 5.10 Å². The van der Waals surface area contributed by atoms with Gasteiger partial charge in [0.15, 0.2) is 0 Å². The van der Waals surface area contributed by atoms with Crippen LogP contribution in [0.25, 0.3) is 44.1 Å². The number of aryl methyl sites for hydroxylation is 1. The van der Waals surface area contributed by atoms with Crippen LogP contribution in [0.3, 0.4) is 0 Å². The summed E-state index contributed by atoms with van der Waals surface area (Å²) in [7, 11) is -1.85. The number of benzene rings is 3. The van der Waals surface area contributed by atoms with E-state index >= 15 is 0 Å². The lowest BCUT2D eigenvalue weighted by atomic mass is 10.0. The summed E-state index contributed by atoms with van der Waals surface area (Å²) in [5.41, 5.74) is 5.53. The molecule has 0 fully saturated rings. The predicted octanol–water partition coefficient (Wildman–Crippen LogP) is 5.43. The average Bonchev–Trinajstić information content (AvgIpc) is 3.56. The van der Waals surface area contributed by atoms with Gasteiger partial charge < -0.3 is 4.98 Å². The van der Waals surface area contributed by atoms with Crippen molar-refractivity contribution in [3.8, 4) is 22.3 Å². The van der Waals surface area contributed by atoms with Gasteiger partial charge in [-0.25, -0.2) is 12.4 Å². The van der Waals surface area contributed by atoms with Crippen molar-refractivity contribution in [3.63, 3.8) is 0 Å². The number of nitrogens with one attached hydrogen (secondary N) is 1. The van der Waals surface area contributed by atoms with E-state index in [9.17, 15) is 8.42 Å². The van der Waals surface area contributed by atoms with Crippen LogP contribution in [-0.2, 0) is 17.1 Å². The number of hydrogen-bond acceptors (Lipinski definition) is 3. The van der Waals surface area contributed by atoms with Gasteiger partial charge in [0, 0.05) is 58.6 Å². The highest BCUT2D eigenvalue weighted by atomic mass is 32.2. The third kappa shape index (κ3) is 3.08. The zero-order chi connectivity index (χ0) is 22.6. The molecule has 0 saturated carbocycles. The molecule has 0 spiro atoms. The summed E-state index contributed by atoms with van der Waals surface area (Å²) in [5, 5.41) is 6.18. The number of rotatable bonds is 4. The van der Waals surface area contributed by atoms with Crippen LogP contribution in [0.5, 0.6) is 0 Å². The van der Waals surface area contributed by atoms with Crippen LogP contribution >= 0.6 is 0 Å². The Balaban J connectivity index is 1.59. The van der Waals surface area contributed by atoms with Gasteiger partial charge in [0.2, 0.25) is 0 Å². The minimum absolute atomic E-state index is 0.259. The van der Waals surface area contributed by atoms with Gasteiger partial charge in [0.25, 0.3) is 10.0 Å². The summed E-state index contributed by atoms with van der Waals surface area (Å²) in [4.78, 5) is 3.59. The van der Waals surface area contributed by atoms with E-state index in [4.69, 9.17) is 0 Å². The molecular formula is C26H20N4O2S. The Hall–Kier alpha value is -4.10. The Morgan fingerprint density at radius 2 is 1.61 bits per heavy atom. The molecule has 7 heteroatoms. The van der Waals surface area contributed by atoms with E-state index in [1.807, 2.05) is 62.0 Å². The molecule has 6 aromatic rings. The molecule has 6 rings (SSSR count). The van der Waals surface area contributed by atoms with Crippen molar-refractivity contribution in [2.75, 3.05) is 0 Å².